The molecular formula is C13H20N4O2. The van der Waals surface area contributed by atoms with Gasteiger partial charge in [-0.05, 0) is 12.8 Å². The smallest absolute Gasteiger partial charge is 0.240 e. The topological polar surface area (TPSA) is 70.2 Å². The normalized spacial score (nSPS) is 22.1. The van der Waals surface area contributed by atoms with E-state index in [1.54, 1.807) is 13.4 Å². The summed E-state index contributed by atoms with van der Waals surface area (Å²) in [6.07, 6.45) is 4.61. The Morgan fingerprint density at radius 1 is 1.58 bits per heavy atom. The molecule has 1 aromatic rings. The van der Waals surface area contributed by atoms with Gasteiger partial charge in [0.1, 0.15) is 0 Å². The van der Waals surface area contributed by atoms with E-state index in [0.717, 1.165) is 24.2 Å². The van der Waals surface area contributed by atoms with E-state index in [1.807, 2.05) is 4.90 Å². The van der Waals surface area contributed by atoms with Crippen molar-refractivity contribution in [2.45, 2.75) is 37.9 Å². The SMILES string of the molecule is COCCN(C(=O)C1Cc2nc[nH]c2CN1)C1CC1. The van der Waals surface area contributed by atoms with E-state index in [-0.39, 0.29) is 11.9 Å². The molecule has 2 heterocycles. The van der Waals surface area contributed by atoms with Gasteiger partial charge in [-0.3, -0.25) is 10.1 Å². The first-order chi connectivity index (χ1) is 9.29. The van der Waals surface area contributed by atoms with E-state index in [1.165, 1.54) is 0 Å². The Morgan fingerprint density at radius 2 is 2.42 bits per heavy atom. The Morgan fingerprint density at radius 3 is 3.16 bits per heavy atom. The van der Waals surface area contributed by atoms with E-state index in [2.05, 4.69) is 15.3 Å². The Labute approximate surface area is 112 Å². The molecule has 0 aromatic carbocycles. The molecule has 1 unspecified atom stereocenters. The summed E-state index contributed by atoms with van der Waals surface area (Å²) in [5.41, 5.74) is 2.11. The summed E-state index contributed by atoms with van der Waals surface area (Å²) in [7, 11) is 1.67. The van der Waals surface area contributed by atoms with Crippen LogP contribution in [0.25, 0.3) is 0 Å². The van der Waals surface area contributed by atoms with Crippen molar-refractivity contribution in [2.75, 3.05) is 20.3 Å². The van der Waals surface area contributed by atoms with Crippen LogP contribution in [0.2, 0.25) is 0 Å². The molecule has 0 bridgehead atoms. The third-order valence-corrected chi connectivity index (χ3v) is 3.84. The van der Waals surface area contributed by atoms with Gasteiger partial charge >= 0.3 is 0 Å². The number of rotatable bonds is 5. The van der Waals surface area contributed by atoms with Crippen molar-refractivity contribution in [2.24, 2.45) is 0 Å². The molecule has 0 saturated heterocycles. The highest BCUT2D eigenvalue weighted by Gasteiger charge is 2.36. The van der Waals surface area contributed by atoms with E-state index in [0.29, 0.717) is 32.2 Å². The summed E-state index contributed by atoms with van der Waals surface area (Å²) in [6, 6.07) is 0.276. The first kappa shape index (κ1) is 12.6. The van der Waals surface area contributed by atoms with Crippen LogP contribution in [-0.4, -0.2) is 53.1 Å². The minimum atomic E-state index is -0.145. The minimum absolute atomic E-state index is 0.145. The van der Waals surface area contributed by atoms with Gasteiger partial charge in [-0.2, -0.15) is 0 Å². The highest BCUT2D eigenvalue weighted by atomic mass is 16.5. The number of carbonyl (C=O) groups excluding carboxylic acids is 1. The second-order valence-electron chi connectivity index (χ2n) is 5.22. The van der Waals surface area contributed by atoms with Crippen LogP contribution in [0.5, 0.6) is 0 Å². The Kier molecular flexibility index (Phi) is 3.52. The first-order valence-electron chi connectivity index (χ1n) is 6.83. The lowest BCUT2D eigenvalue weighted by molar-refractivity contribution is -0.135. The largest absolute Gasteiger partial charge is 0.383 e. The number of imidazole rings is 1. The van der Waals surface area contributed by atoms with Gasteiger partial charge in [-0.1, -0.05) is 0 Å². The van der Waals surface area contributed by atoms with Crippen LogP contribution < -0.4 is 5.32 Å². The monoisotopic (exact) mass is 264 g/mol. The predicted molar refractivity (Wildman–Crippen MR) is 69.5 cm³/mol. The fraction of sp³-hybridized carbons (Fsp3) is 0.692. The van der Waals surface area contributed by atoms with Gasteiger partial charge in [-0.25, -0.2) is 4.98 Å². The number of carbonyl (C=O) groups is 1. The number of nitrogens with zero attached hydrogens (tertiary/aromatic N) is 2. The molecule has 0 spiro atoms. The summed E-state index contributed by atoms with van der Waals surface area (Å²) in [5, 5.41) is 3.30. The minimum Gasteiger partial charge on any atom is -0.383 e. The molecule has 1 aliphatic heterocycles. The number of aromatic nitrogens is 2. The van der Waals surface area contributed by atoms with Gasteiger partial charge < -0.3 is 14.6 Å². The number of amides is 1. The van der Waals surface area contributed by atoms with Gasteiger partial charge in [-0.15, -0.1) is 0 Å². The lowest BCUT2D eigenvalue weighted by Gasteiger charge is -2.29. The maximum Gasteiger partial charge on any atom is 0.240 e. The van der Waals surface area contributed by atoms with Crippen molar-refractivity contribution in [3.05, 3.63) is 17.7 Å². The molecule has 2 aliphatic rings. The van der Waals surface area contributed by atoms with Crippen LogP contribution in [0.15, 0.2) is 6.33 Å². The van der Waals surface area contributed by atoms with Crippen LogP contribution in [0.4, 0.5) is 0 Å². The Bertz CT molecular complexity index is 455. The second-order valence-corrected chi connectivity index (χ2v) is 5.22. The number of methoxy groups -OCH3 is 1. The molecule has 6 heteroatoms. The summed E-state index contributed by atoms with van der Waals surface area (Å²) in [5.74, 6) is 0.188. The molecule has 1 atom stereocenters. The predicted octanol–water partition coefficient (Wildman–Crippen LogP) is 0.0614. The molecule has 6 nitrogen and oxygen atoms in total. The molecule has 2 N–H and O–H groups in total. The van der Waals surface area contributed by atoms with Crippen LogP contribution in [0.1, 0.15) is 24.2 Å². The quantitative estimate of drug-likeness (QED) is 0.789. The average Bonchev–Trinajstić information content (AvgIpc) is 3.15. The van der Waals surface area contributed by atoms with Crippen LogP contribution in [0.3, 0.4) is 0 Å². The fourth-order valence-corrected chi connectivity index (χ4v) is 2.59. The Hall–Kier alpha value is -1.40. The fourth-order valence-electron chi connectivity index (χ4n) is 2.59. The van der Waals surface area contributed by atoms with E-state index in [9.17, 15) is 4.79 Å². The third-order valence-electron chi connectivity index (χ3n) is 3.84. The molecule has 1 aromatic heterocycles. The van der Waals surface area contributed by atoms with Crippen molar-refractivity contribution < 1.29 is 9.53 Å². The number of hydrogen-bond acceptors (Lipinski definition) is 4. The summed E-state index contributed by atoms with van der Waals surface area (Å²) < 4.78 is 5.10. The van der Waals surface area contributed by atoms with Crippen molar-refractivity contribution in [1.29, 1.82) is 0 Å². The lowest BCUT2D eigenvalue weighted by atomic mass is 10.0. The summed E-state index contributed by atoms with van der Waals surface area (Å²) in [4.78, 5) is 21.9. The number of aromatic amines is 1. The maximum atomic E-state index is 12.6. The van der Waals surface area contributed by atoms with E-state index >= 15 is 0 Å². The molecular weight excluding hydrogens is 244 g/mol. The molecule has 0 radical (unpaired) electrons. The van der Waals surface area contributed by atoms with E-state index in [4.69, 9.17) is 4.74 Å². The zero-order valence-corrected chi connectivity index (χ0v) is 11.2. The number of fused-ring (bicyclic) bond motifs is 1. The molecule has 19 heavy (non-hydrogen) atoms. The van der Waals surface area contributed by atoms with E-state index < -0.39 is 0 Å². The molecule has 1 aliphatic carbocycles. The molecule has 1 saturated carbocycles. The zero-order valence-electron chi connectivity index (χ0n) is 11.2. The van der Waals surface area contributed by atoms with Crippen molar-refractivity contribution in [3.63, 3.8) is 0 Å². The number of ether oxygens (including phenoxy) is 1. The second kappa shape index (κ2) is 5.30. The number of hydrogen-bond donors (Lipinski definition) is 2. The van der Waals surface area contributed by atoms with Crippen molar-refractivity contribution in [1.82, 2.24) is 20.2 Å². The van der Waals surface area contributed by atoms with Crippen LogP contribution in [0, 0.1) is 0 Å². The molecule has 3 rings (SSSR count). The third kappa shape index (κ3) is 2.64. The highest BCUT2D eigenvalue weighted by Crippen LogP contribution is 2.28. The molecule has 104 valence electrons. The summed E-state index contributed by atoms with van der Waals surface area (Å²) in [6.45, 7) is 1.97. The Balaban J connectivity index is 1.66. The van der Waals surface area contributed by atoms with Crippen LogP contribution in [-0.2, 0) is 22.5 Å². The van der Waals surface area contributed by atoms with Gasteiger partial charge in [0.05, 0.1) is 30.4 Å². The van der Waals surface area contributed by atoms with Crippen molar-refractivity contribution >= 4 is 5.91 Å². The average molecular weight is 264 g/mol. The first-order valence-corrected chi connectivity index (χ1v) is 6.83. The van der Waals surface area contributed by atoms with Gasteiger partial charge in [0, 0.05) is 32.7 Å². The summed E-state index contributed by atoms with van der Waals surface area (Å²) >= 11 is 0. The van der Waals surface area contributed by atoms with Gasteiger partial charge in [0.2, 0.25) is 5.91 Å². The standard InChI is InChI=1S/C13H20N4O2/c1-19-5-4-17(9-2-3-9)13(18)11-6-10-12(7-14-11)16-8-15-10/h8-9,11,14H,2-7H2,1H3,(H,15,16). The van der Waals surface area contributed by atoms with Gasteiger partial charge in [0.25, 0.3) is 0 Å². The van der Waals surface area contributed by atoms with Crippen LogP contribution >= 0.6 is 0 Å². The lowest BCUT2D eigenvalue weighted by Crippen LogP contribution is -2.51. The number of H-pyrrole nitrogens is 1. The zero-order chi connectivity index (χ0) is 13.2. The van der Waals surface area contributed by atoms with Crippen molar-refractivity contribution in [3.8, 4) is 0 Å². The molecule has 1 fully saturated rings. The molecule has 1 amide bonds. The maximum absolute atomic E-state index is 12.6. The number of nitrogens with one attached hydrogen (secondary N) is 2. The highest BCUT2D eigenvalue weighted by molar-refractivity contribution is 5.83. The van der Waals surface area contributed by atoms with Gasteiger partial charge in [0.15, 0.2) is 0 Å².